The Morgan fingerprint density at radius 1 is 1.60 bits per heavy atom. The summed E-state index contributed by atoms with van der Waals surface area (Å²) in [7, 11) is 1.58. The molecule has 0 aliphatic rings. The minimum Gasteiger partial charge on any atom is -0.313 e. The summed E-state index contributed by atoms with van der Waals surface area (Å²) in [5, 5.41) is 13.0. The van der Waals surface area contributed by atoms with E-state index in [9.17, 15) is 19.3 Å². The average molecular weight is 212 g/mol. The van der Waals surface area contributed by atoms with Crippen LogP contribution in [0.3, 0.4) is 0 Å². The summed E-state index contributed by atoms with van der Waals surface area (Å²) in [5.41, 5.74) is -0.561. The molecule has 1 rings (SSSR count). The first kappa shape index (κ1) is 11.3. The summed E-state index contributed by atoms with van der Waals surface area (Å²) >= 11 is 0. The van der Waals surface area contributed by atoms with Gasteiger partial charge in [-0.25, -0.2) is 0 Å². The molecule has 1 aromatic rings. The summed E-state index contributed by atoms with van der Waals surface area (Å²) in [5.74, 6) is -1.26. The standard InChI is InChI=1S/C9H9FN2O3/c1-11-5-9(13)6-2-3-7(10)8(4-6)12(14)15/h2-4,11H,5H2,1H3. The Hall–Kier alpha value is -1.82. The molecule has 0 bridgehead atoms. The second-order valence-corrected chi connectivity index (χ2v) is 2.88. The average Bonchev–Trinajstić information content (AvgIpc) is 2.18. The van der Waals surface area contributed by atoms with Crippen LogP contribution in [0.25, 0.3) is 0 Å². The Bertz CT molecular complexity index is 406. The quantitative estimate of drug-likeness (QED) is 0.461. The molecule has 0 aliphatic heterocycles. The third kappa shape index (κ3) is 2.57. The number of Topliss-reactive ketones (excluding diaryl/α,β-unsaturated/α-hetero) is 1. The minimum absolute atomic E-state index is 0.0583. The fourth-order valence-corrected chi connectivity index (χ4v) is 1.09. The number of ketones is 1. The summed E-state index contributed by atoms with van der Waals surface area (Å²) in [4.78, 5) is 20.9. The van der Waals surface area contributed by atoms with E-state index >= 15 is 0 Å². The van der Waals surface area contributed by atoms with E-state index in [-0.39, 0.29) is 17.9 Å². The molecular formula is C9H9FN2O3. The number of likely N-dealkylation sites (N-methyl/N-ethyl adjacent to an activating group) is 1. The van der Waals surface area contributed by atoms with Crippen LogP contribution in [0.2, 0.25) is 0 Å². The largest absolute Gasteiger partial charge is 0.313 e. The summed E-state index contributed by atoms with van der Waals surface area (Å²) < 4.78 is 12.9. The van der Waals surface area contributed by atoms with Crippen molar-refractivity contribution in [1.82, 2.24) is 5.32 Å². The van der Waals surface area contributed by atoms with Gasteiger partial charge in [0.15, 0.2) is 5.78 Å². The van der Waals surface area contributed by atoms with Gasteiger partial charge in [-0.3, -0.25) is 14.9 Å². The number of carbonyl (C=O) groups is 1. The van der Waals surface area contributed by atoms with E-state index in [0.29, 0.717) is 0 Å². The van der Waals surface area contributed by atoms with Crippen LogP contribution in [-0.4, -0.2) is 24.3 Å². The van der Waals surface area contributed by atoms with Crippen LogP contribution in [0, 0.1) is 15.9 Å². The van der Waals surface area contributed by atoms with Gasteiger partial charge in [-0.2, -0.15) is 4.39 Å². The molecule has 80 valence electrons. The van der Waals surface area contributed by atoms with Crippen molar-refractivity contribution < 1.29 is 14.1 Å². The van der Waals surface area contributed by atoms with Crippen LogP contribution in [0.5, 0.6) is 0 Å². The molecule has 15 heavy (non-hydrogen) atoms. The van der Waals surface area contributed by atoms with Gasteiger partial charge in [0, 0.05) is 11.6 Å². The van der Waals surface area contributed by atoms with E-state index in [1.165, 1.54) is 6.07 Å². The molecule has 0 fully saturated rings. The van der Waals surface area contributed by atoms with Gasteiger partial charge in [-0.05, 0) is 19.2 Å². The molecule has 0 heterocycles. The second kappa shape index (κ2) is 4.61. The van der Waals surface area contributed by atoms with Crippen LogP contribution < -0.4 is 5.32 Å². The molecule has 0 saturated carbocycles. The van der Waals surface area contributed by atoms with Gasteiger partial charge in [0.2, 0.25) is 5.82 Å². The van der Waals surface area contributed by atoms with Crippen LogP contribution in [-0.2, 0) is 0 Å². The van der Waals surface area contributed by atoms with Crippen molar-refractivity contribution >= 4 is 11.5 Å². The lowest BCUT2D eigenvalue weighted by Crippen LogP contribution is -2.18. The Morgan fingerprint density at radius 2 is 2.27 bits per heavy atom. The molecular weight excluding hydrogens is 203 g/mol. The van der Waals surface area contributed by atoms with E-state index in [4.69, 9.17) is 0 Å². The molecule has 1 aromatic carbocycles. The van der Waals surface area contributed by atoms with E-state index in [1.807, 2.05) is 0 Å². The van der Waals surface area contributed by atoms with Crippen molar-refractivity contribution in [2.45, 2.75) is 0 Å². The maximum atomic E-state index is 12.9. The first-order valence-electron chi connectivity index (χ1n) is 4.18. The molecule has 0 radical (unpaired) electrons. The zero-order chi connectivity index (χ0) is 11.4. The maximum Gasteiger partial charge on any atom is 0.305 e. The van der Waals surface area contributed by atoms with Crippen LogP contribution in [0.15, 0.2) is 18.2 Å². The molecule has 1 N–H and O–H groups in total. The monoisotopic (exact) mass is 212 g/mol. The Kier molecular flexibility index (Phi) is 3.46. The molecule has 0 amide bonds. The fraction of sp³-hybridized carbons (Fsp3) is 0.222. The second-order valence-electron chi connectivity index (χ2n) is 2.88. The topological polar surface area (TPSA) is 72.2 Å². The van der Waals surface area contributed by atoms with Crippen molar-refractivity contribution in [2.24, 2.45) is 0 Å². The van der Waals surface area contributed by atoms with Crippen molar-refractivity contribution in [2.75, 3.05) is 13.6 Å². The predicted octanol–water partition coefficient (Wildman–Crippen LogP) is 1.14. The third-order valence-corrected chi connectivity index (χ3v) is 1.80. The number of hydrogen-bond donors (Lipinski definition) is 1. The number of nitrogens with one attached hydrogen (secondary N) is 1. The zero-order valence-electron chi connectivity index (χ0n) is 7.99. The molecule has 0 spiro atoms. The number of nitrogens with zero attached hydrogens (tertiary/aromatic N) is 1. The molecule has 0 unspecified atom stereocenters. The van der Waals surface area contributed by atoms with E-state index < -0.39 is 16.4 Å². The number of carbonyl (C=O) groups excluding carboxylic acids is 1. The van der Waals surface area contributed by atoms with Gasteiger partial charge in [0.1, 0.15) is 0 Å². The third-order valence-electron chi connectivity index (χ3n) is 1.80. The highest BCUT2D eigenvalue weighted by molar-refractivity contribution is 5.98. The first-order valence-corrected chi connectivity index (χ1v) is 4.18. The van der Waals surface area contributed by atoms with Gasteiger partial charge in [0.25, 0.3) is 0 Å². The highest BCUT2D eigenvalue weighted by atomic mass is 19.1. The Labute approximate surface area is 85.1 Å². The lowest BCUT2D eigenvalue weighted by Gasteiger charge is -2.00. The first-order chi connectivity index (χ1) is 7.06. The number of hydrogen-bond acceptors (Lipinski definition) is 4. The molecule has 6 heteroatoms. The molecule has 0 saturated heterocycles. The summed E-state index contributed by atoms with van der Waals surface area (Å²) in [6.45, 7) is 0.0583. The lowest BCUT2D eigenvalue weighted by atomic mass is 10.1. The summed E-state index contributed by atoms with van der Waals surface area (Å²) in [6.07, 6.45) is 0. The van der Waals surface area contributed by atoms with Crippen LogP contribution >= 0.6 is 0 Å². The van der Waals surface area contributed by atoms with Crippen molar-refractivity contribution in [3.05, 3.63) is 39.7 Å². The summed E-state index contributed by atoms with van der Waals surface area (Å²) in [6, 6.07) is 3.08. The number of nitro benzene ring substituents is 1. The van der Waals surface area contributed by atoms with Gasteiger partial charge in [-0.1, -0.05) is 0 Å². The number of nitro groups is 1. The number of benzene rings is 1. The predicted molar refractivity (Wildman–Crippen MR) is 51.3 cm³/mol. The van der Waals surface area contributed by atoms with Gasteiger partial charge < -0.3 is 5.32 Å². The Balaban J connectivity index is 3.07. The molecule has 5 nitrogen and oxygen atoms in total. The van der Waals surface area contributed by atoms with Crippen molar-refractivity contribution in [3.8, 4) is 0 Å². The highest BCUT2D eigenvalue weighted by Crippen LogP contribution is 2.18. The number of halogens is 1. The van der Waals surface area contributed by atoms with Crippen LogP contribution in [0.1, 0.15) is 10.4 Å². The SMILES string of the molecule is CNCC(=O)c1ccc(F)c([N+](=O)[O-])c1. The van der Waals surface area contributed by atoms with Gasteiger partial charge in [0.05, 0.1) is 11.5 Å². The molecule has 0 atom stereocenters. The van der Waals surface area contributed by atoms with E-state index in [1.54, 1.807) is 7.05 Å². The van der Waals surface area contributed by atoms with E-state index in [0.717, 1.165) is 12.1 Å². The molecule has 0 aromatic heterocycles. The van der Waals surface area contributed by atoms with Crippen LogP contribution in [0.4, 0.5) is 10.1 Å². The minimum atomic E-state index is -0.944. The van der Waals surface area contributed by atoms with Gasteiger partial charge >= 0.3 is 5.69 Å². The zero-order valence-corrected chi connectivity index (χ0v) is 7.99. The number of rotatable bonds is 4. The fourth-order valence-electron chi connectivity index (χ4n) is 1.09. The van der Waals surface area contributed by atoms with E-state index in [2.05, 4.69) is 5.32 Å². The highest BCUT2D eigenvalue weighted by Gasteiger charge is 2.16. The maximum absolute atomic E-state index is 12.9. The molecule has 0 aliphatic carbocycles. The lowest BCUT2D eigenvalue weighted by molar-refractivity contribution is -0.387. The van der Waals surface area contributed by atoms with Crippen molar-refractivity contribution in [1.29, 1.82) is 0 Å². The van der Waals surface area contributed by atoms with Gasteiger partial charge in [-0.15, -0.1) is 0 Å². The smallest absolute Gasteiger partial charge is 0.305 e. The van der Waals surface area contributed by atoms with Crippen molar-refractivity contribution in [3.63, 3.8) is 0 Å². The Morgan fingerprint density at radius 3 is 2.80 bits per heavy atom. The normalized spacial score (nSPS) is 10.0.